The number of rotatable bonds is 7. The maximum atomic E-state index is 14.1. The van der Waals surface area contributed by atoms with Gasteiger partial charge in [-0.25, -0.2) is 8.78 Å². The maximum absolute atomic E-state index is 14.1. The van der Waals surface area contributed by atoms with Crippen LogP contribution >= 0.6 is 0 Å². The second kappa shape index (κ2) is 8.92. The molecule has 2 aromatic heterocycles. The first kappa shape index (κ1) is 25.3. The van der Waals surface area contributed by atoms with Gasteiger partial charge in [0.05, 0.1) is 29.2 Å². The van der Waals surface area contributed by atoms with Gasteiger partial charge >= 0.3 is 5.97 Å². The van der Waals surface area contributed by atoms with Crippen LogP contribution in [0.2, 0.25) is 0 Å². The number of halogens is 2. The van der Waals surface area contributed by atoms with Crippen molar-refractivity contribution in [1.29, 1.82) is 0 Å². The van der Waals surface area contributed by atoms with Gasteiger partial charge in [-0.2, -0.15) is 5.10 Å². The van der Waals surface area contributed by atoms with Crippen molar-refractivity contribution in [3.63, 3.8) is 0 Å². The van der Waals surface area contributed by atoms with Crippen molar-refractivity contribution in [3.05, 3.63) is 95.9 Å². The van der Waals surface area contributed by atoms with Gasteiger partial charge in [0.2, 0.25) is 0 Å². The largest absolute Gasteiger partial charge is 0.481 e. The molecule has 3 aromatic carbocycles. The number of hydrogen-bond acceptors (Lipinski definition) is 4. The molecular formula is C32H26F2N4O3. The van der Waals surface area contributed by atoms with Crippen molar-refractivity contribution in [2.24, 2.45) is 10.8 Å². The SMILES string of the molecule is C[C@@H](NC(=O)c1cc(-c2ccc(F)c(F)c2)cc2cnn(Cc3ccc4cnccc4c3)c12)C12CC(C(=O)O)(C1)C2. The summed E-state index contributed by atoms with van der Waals surface area (Å²) in [6.07, 6.45) is 6.87. The summed E-state index contributed by atoms with van der Waals surface area (Å²) in [4.78, 5) is 29.6. The Labute approximate surface area is 233 Å². The van der Waals surface area contributed by atoms with Crippen molar-refractivity contribution in [1.82, 2.24) is 20.1 Å². The molecule has 0 spiro atoms. The normalized spacial score (nSPS) is 21.7. The topological polar surface area (TPSA) is 97.1 Å². The Morgan fingerprint density at radius 3 is 2.51 bits per heavy atom. The van der Waals surface area contributed by atoms with E-state index in [-0.39, 0.29) is 17.4 Å². The van der Waals surface area contributed by atoms with Gasteiger partial charge in [-0.05, 0) is 90.1 Å². The quantitative estimate of drug-likeness (QED) is 0.260. The highest BCUT2D eigenvalue weighted by molar-refractivity contribution is 6.07. The third-order valence-electron chi connectivity index (χ3n) is 9.06. The molecule has 0 unspecified atom stereocenters. The van der Waals surface area contributed by atoms with Crippen LogP contribution in [0.4, 0.5) is 8.78 Å². The standard InChI is InChI=1S/C32H26F2N4O3/c1-18(31-15-32(16-31,17-31)30(40)41)37-29(39)25-10-23(20-4-5-26(33)27(34)11-20)9-24-13-36-38(28(24)25)14-19-2-3-22-12-35-7-6-21(22)8-19/h2-13,18H,14-17H2,1H3,(H,37,39)(H,40,41)/t18-,31?,32?/m1/s1. The lowest BCUT2D eigenvalue weighted by molar-refractivity contribution is -0.230. The number of amides is 1. The molecule has 5 aromatic rings. The summed E-state index contributed by atoms with van der Waals surface area (Å²) in [5.41, 5.74) is 2.10. The molecule has 206 valence electrons. The smallest absolute Gasteiger partial charge is 0.309 e. The van der Waals surface area contributed by atoms with Gasteiger partial charge in [0.25, 0.3) is 5.91 Å². The number of carboxylic acids is 1. The number of carbonyl (C=O) groups is 2. The van der Waals surface area contributed by atoms with E-state index in [1.54, 1.807) is 29.3 Å². The first-order valence-corrected chi connectivity index (χ1v) is 13.5. The van der Waals surface area contributed by atoms with Crippen molar-refractivity contribution in [3.8, 4) is 11.1 Å². The van der Waals surface area contributed by atoms with Crippen LogP contribution in [-0.4, -0.2) is 37.8 Å². The molecule has 8 rings (SSSR count). The van der Waals surface area contributed by atoms with E-state index in [0.29, 0.717) is 53.4 Å². The monoisotopic (exact) mass is 552 g/mol. The summed E-state index contributed by atoms with van der Waals surface area (Å²) in [5, 5.41) is 20.0. The highest BCUT2D eigenvalue weighted by Crippen LogP contribution is 2.74. The van der Waals surface area contributed by atoms with Crippen LogP contribution in [0.15, 0.2) is 73.2 Å². The fourth-order valence-corrected chi connectivity index (χ4v) is 6.75. The Bertz CT molecular complexity index is 1880. The van der Waals surface area contributed by atoms with E-state index in [1.165, 1.54) is 6.07 Å². The highest BCUT2D eigenvalue weighted by Gasteiger charge is 2.73. The zero-order valence-corrected chi connectivity index (χ0v) is 22.2. The first-order valence-electron chi connectivity index (χ1n) is 13.5. The van der Waals surface area contributed by atoms with Gasteiger partial charge < -0.3 is 10.4 Å². The molecule has 2 heterocycles. The summed E-state index contributed by atoms with van der Waals surface area (Å²) in [5.74, 6) is -3.02. The van der Waals surface area contributed by atoms with Crippen LogP contribution in [0, 0.1) is 22.5 Å². The minimum atomic E-state index is -0.972. The minimum Gasteiger partial charge on any atom is -0.481 e. The average molecular weight is 553 g/mol. The lowest BCUT2D eigenvalue weighted by Crippen LogP contribution is -2.71. The van der Waals surface area contributed by atoms with E-state index < -0.39 is 23.0 Å². The predicted molar refractivity (Wildman–Crippen MR) is 149 cm³/mol. The van der Waals surface area contributed by atoms with Crippen LogP contribution in [0.3, 0.4) is 0 Å². The molecular weight excluding hydrogens is 526 g/mol. The first-order chi connectivity index (χ1) is 19.7. The number of fused-ring (bicyclic) bond motifs is 2. The van der Waals surface area contributed by atoms with Gasteiger partial charge in [-0.3, -0.25) is 19.3 Å². The maximum Gasteiger partial charge on any atom is 0.309 e. The van der Waals surface area contributed by atoms with Crippen LogP contribution in [0.1, 0.15) is 42.1 Å². The van der Waals surface area contributed by atoms with Crippen molar-refractivity contribution in [2.75, 3.05) is 0 Å². The number of pyridine rings is 1. The molecule has 3 aliphatic carbocycles. The van der Waals surface area contributed by atoms with E-state index in [4.69, 9.17) is 0 Å². The van der Waals surface area contributed by atoms with Gasteiger partial charge in [0, 0.05) is 29.2 Å². The number of hydrogen-bond donors (Lipinski definition) is 2. The second-order valence-corrected chi connectivity index (χ2v) is 11.6. The third kappa shape index (κ3) is 3.98. The number of benzene rings is 3. The van der Waals surface area contributed by atoms with Crippen LogP contribution in [0.5, 0.6) is 0 Å². The highest BCUT2D eigenvalue weighted by atomic mass is 19.2. The van der Waals surface area contributed by atoms with E-state index in [9.17, 15) is 23.5 Å². The summed E-state index contributed by atoms with van der Waals surface area (Å²) < 4.78 is 29.6. The van der Waals surface area contributed by atoms with Crippen LogP contribution in [0.25, 0.3) is 32.8 Å². The minimum absolute atomic E-state index is 0.217. The summed E-state index contributed by atoms with van der Waals surface area (Å²) in [7, 11) is 0. The van der Waals surface area contributed by atoms with E-state index >= 15 is 0 Å². The van der Waals surface area contributed by atoms with Crippen molar-refractivity contribution < 1.29 is 23.5 Å². The number of aromatic nitrogens is 3. The molecule has 2 N–H and O–H groups in total. The van der Waals surface area contributed by atoms with Crippen molar-refractivity contribution in [2.45, 2.75) is 38.8 Å². The molecule has 7 nitrogen and oxygen atoms in total. The lowest BCUT2D eigenvalue weighted by Gasteiger charge is -2.70. The van der Waals surface area contributed by atoms with Crippen molar-refractivity contribution >= 4 is 33.6 Å². The second-order valence-electron chi connectivity index (χ2n) is 11.6. The molecule has 2 bridgehead atoms. The molecule has 3 aliphatic rings. The third-order valence-corrected chi connectivity index (χ3v) is 9.06. The molecule has 1 atom stereocenters. The Kier molecular flexibility index (Phi) is 5.51. The zero-order valence-electron chi connectivity index (χ0n) is 22.2. The summed E-state index contributed by atoms with van der Waals surface area (Å²) in [6.45, 7) is 2.33. The molecule has 3 saturated carbocycles. The number of nitrogens with one attached hydrogen (secondary N) is 1. The van der Waals surface area contributed by atoms with Crippen LogP contribution in [-0.2, 0) is 11.3 Å². The number of carbonyl (C=O) groups excluding carboxylic acids is 1. The van der Waals surface area contributed by atoms with Gasteiger partial charge in [-0.15, -0.1) is 0 Å². The van der Waals surface area contributed by atoms with E-state index in [0.717, 1.165) is 28.5 Å². The number of nitrogens with zero attached hydrogens (tertiary/aromatic N) is 3. The molecule has 9 heteroatoms. The zero-order chi connectivity index (χ0) is 28.5. The average Bonchev–Trinajstić information content (AvgIpc) is 3.30. The number of aliphatic carboxylic acids is 1. The van der Waals surface area contributed by atoms with Gasteiger partial charge in [-0.1, -0.05) is 18.2 Å². The van der Waals surface area contributed by atoms with E-state index in [2.05, 4.69) is 21.5 Å². The van der Waals surface area contributed by atoms with Gasteiger partial charge in [0.15, 0.2) is 11.6 Å². The molecule has 0 saturated heterocycles. The molecule has 1 amide bonds. The van der Waals surface area contributed by atoms with E-state index in [1.807, 2.05) is 31.2 Å². The Balaban J connectivity index is 1.27. The molecule has 3 fully saturated rings. The Hall–Kier alpha value is -4.66. The Morgan fingerprint density at radius 1 is 0.951 bits per heavy atom. The fraction of sp³-hybridized carbons (Fsp3) is 0.250. The van der Waals surface area contributed by atoms with Gasteiger partial charge in [0.1, 0.15) is 0 Å². The fourth-order valence-electron chi connectivity index (χ4n) is 6.75. The lowest BCUT2D eigenvalue weighted by atomic mass is 9.33. The molecule has 41 heavy (non-hydrogen) atoms. The Morgan fingerprint density at radius 2 is 1.76 bits per heavy atom. The summed E-state index contributed by atoms with van der Waals surface area (Å²) >= 11 is 0. The number of carboxylic acid groups (broad SMARTS) is 1. The van der Waals surface area contributed by atoms with Crippen LogP contribution < -0.4 is 5.32 Å². The molecule has 0 aliphatic heterocycles. The predicted octanol–water partition coefficient (Wildman–Crippen LogP) is 5.95. The molecule has 0 radical (unpaired) electrons. The summed E-state index contributed by atoms with van der Waals surface area (Å²) in [6, 6.07) is 14.9.